The summed E-state index contributed by atoms with van der Waals surface area (Å²) in [5, 5.41) is 1.06. The van der Waals surface area contributed by atoms with Crippen LogP contribution in [0.5, 0.6) is 0 Å². The fourth-order valence-corrected chi connectivity index (χ4v) is 3.74. The molecule has 0 spiro atoms. The number of unbranched alkanes of at least 4 members (excludes halogenated alkanes) is 3. The highest BCUT2D eigenvalue weighted by molar-refractivity contribution is 6.17. The molecule has 136 valence electrons. The van der Waals surface area contributed by atoms with E-state index in [9.17, 15) is 4.79 Å². The average Bonchev–Trinajstić information content (AvgIpc) is 3.00. The number of hydrogen-bond acceptors (Lipinski definition) is 2. The molecule has 0 atom stereocenters. The molecule has 2 aromatic heterocycles. The van der Waals surface area contributed by atoms with E-state index >= 15 is 0 Å². The van der Waals surface area contributed by atoms with Crippen LogP contribution in [0.1, 0.15) is 74.0 Å². The third-order valence-corrected chi connectivity index (χ3v) is 4.94. The minimum atomic E-state index is 0.0744. The zero-order chi connectivity index (χ0) is 18.5. The molecule has 3 rings (SSSR count). The van der Waals surface area contributed by atoms with Gasteiger partial charge in [-0.15, -0.1) is 0 Å². The van der Waals surface area contributed by atoms with Gasteiger partial charge in [-0.2, -0.15) is 0 Å². The quantitative estimate of drug-likeness (QED) is 0.371. The Labute approximate surface area is 156 Å². The molecular weight excluding hydrogens is 320 g/mol. The van der Waals surface area contributed by atoms with Gasteiger partial charge in [0.1, 0.15) is 0 Å². The van der Waals surface area contributed by atoms with Gasteiger partial charge in [0.15, 0.2) is 5.78 Å². The number of para-hydroxylation sites is 1. The van der Waals surface area contributed by atoms with Crippen LogP contribution in [-0.2, 0) is 6.54 Å². The SMILES string of the molecule is CCCCCCn1c(C(C)C)c(C(=O)c2cccnc2)c2ccccc21. The Bertz CT molecular complexity index is 878. The second kappa shape index (κ2) is 8.31. The van der Waals surface area contributed by atoms with E-state index < -0.39 is 0 Å². The van der Waals surface area contributed by atoms with Gasteiger partial charge in [0.25, 0.3) is 0 Å². The van der Waals surface area contributed by atoms with Gasteiger partial charge in [0.2, 0.25) is 0 Å². The lowest BCUT2D eigenvalue weighted by atomic mass is 9.96. The lowest BCUT2D eigenvalue weighted by molar-refractivity contribution is 0.103. The summed E-state index contributed by atoms with van der Waals surface area (Å²) in [5.41, 5.74) is 3.82. The Balaban J connectivity index is 2.12. The molecule has 26 heavy (non-hydrogen) atoms. The molecule has 3 heteroatoms. The molecule has 0 fully saturated rings. The summed E-state index contributed by atoms with van der Waals surface area (Å²) >= 11 is 0. The summed E-state index contributed by atoms with van der Waals surface area (Å²) in [6, 6.07) is 12.0. The predicted octanol–water partition coefficient (Wildman–Crippen LogP) is 5.97. The fourth-order valence-electron chi connectivity index (χ4n) is 3.74. The molecule has 3 nitrogen and oxygen atoms in total. The maximum atomic E-state index is 13.3. The Kier molecular flexibility index (Phi) is 5.87. The lowest BCUT2D eigenvalue weighted by Gasteiger charge is -2.15. The van der Waals surface area contributed by atoms with E-state index in [1.54, 1.807) is 12.4 Å². The van der Waals surface area contributed by atoms with E-state index in [4.69, 9.17) is 0 Å². The first-order valence-corrected chi connectivity index (χ1v) is 9.71. The van der Waals surface area contributed by atoms with Crippen molar-refractivity contribution in [2.75, 3.05) is 0 Å². The molecule has 0 unspecified atom stereocenters. The Morgan fingerprint density at radius 1 is 1.08 bits per heavy atom. The zero-order valence-electron chi connectivity index (χ0n) is 16.0. The maximum Gasteiger partial charge on any atom is 0.197 e. The molecule has 0 N–H and O–H groups in total. The van der Waals surface area contributed by atoms with Gasteiger partial charge >= 0.3 is 0 Å². The van der Waals surface area contributed by atoms with E-state index in [-0.39, 0.29) is 11.7 Å². The number of fused-ring (bicyclic) bond motifs is 1. The number of aryl methyl sites for hydroxylation is 1. The number of rotatable bonds is 8. The Morgan fingerprint density at radius 2 is 1.88 bits per heavy atom. The van der Waals surface area contributed by atoms with Gasteiger partial charge in [-0.05, 0) is 30.5 Å². The van der Waals surface area contributed by atoms with Gasteiger partial charge in [0.05, 0.1) is 5.56 Å². The van der Waals surface area contributed by atoms with Crippen LogP contribution >= 0.6 is 0 Å². The van der Waals surface area contributed by atoms with E-state index in [0.717, 1.165) is 29.6 Å². The molecule has 0 saturated carbocycles. The standard InChI is InChI=1S/C23H28N2O/c1-4-5-6-9-15-25-20-13-8-7-12-19(20)21(22(25)17(2)3)23(26)18-11-10-14-24-16-18/h7-8,10-14,16-17H,4-6,9,15H2,1-3H3. The van der Waals surface area contributed by atoms with Crippen LogP contribution in [0, 0.1) is 0 Å². The monoisotopic (exact) mass is 348 g/mol. The van der Waals surface area contributed by atoms with Crippen molar-refractivity contribution in [2.24, 2.45) is 0 Å². The van der Waals surface area contributed by atoms with Crippen LogP contribution in [0.4, 0.5) is 0 Å². The number of nitrogens with zero attached hydrogens (tertiary/aromatic N) is 2. The van der Waals surface area contributed by atoms with Gasteiger partial charge in [-0.25, -0.2) is 0 Å². The van der Waals surface area contributed by atoms with Crippen molar-refractivity contribution < 1.29 is 4.79 Å². The minimum absolute atomic E-state index is 0.0744. The fraction of sp³-hybridized carbons (Fsp3) is 0.391. The second-order valence-corrected chi connectivity index (χ2v) is 7.22. The summed E-state index contributed by atoms with van der Waals surface area (Å²) in [7, 11) is 0. The van der Waals surface area contributed by atoms with Crippen molar-refractivity contribution in [2.45, 2.75) is 58.9 Å². The van der Waals surface area contributed by atoms with Crippen LogP contribution in [0.25, 0.3) is 10.9 Å². The number of pyridine rings is 1. The molecule has 3 aromatic rings. The van der Waals surface area contributed by atoms with E-state index in [2.05, 4.69) is 48.5 Å². The van der Waals surface area contributed by atoms with Gasteiger partial charge in [-0.3, -0.25) is 9.78 Å². The van der Waals surface area contributed by atoms with Gasteiger partial charge < -0.3 is 4.57 Å². The first-order valence-electron chi connectivity index (χ1n) is 9.71. The highest BCUT2D eigenvalue weighted by atomic mass is 16.1. The molecule has 1 aromatic carbocycles. The molecule has 2 heterocycles. The van der Waals surface area contributed by atoms with Crippen molar-refractivity contribution in [3.63, 3.8) is 0 Å². The van der Waals surface area contributed by atoms with Crippen molar-refractivity contribution >= 4 is 16.7 Å². The van der Waals surface area contributed by atoms with E-state index in [0.29, 0.717) is 5.56 Å². The normalized spacial score (nSPS) is 11.4. The van der Waals surface area contributed by atoms with Crippen molar-refractivity contribution in [1.82, 2.24) is 9.55 Å². The van der Waals surface area contributed by atoms with Crippen molar-refractivity contribution in [1.29, 1.82) is 0 Å². The van der Waals surface area contributed by atoms with Crippen LogP contribution in [0.3, 0.4) is 0 Å². The number of carbonyl (C=O) groups excluding carboxylic acids is 1. The summed E-state index contributed by atoms with van der Waals surface area (Å²) in [6.07, 6.45) is 8.24. The summed E-state index contributed by atoms with van der Waals surface area (Å²) in [5.74, 6) is 0.356. The summed E-state index contributed by atoms with van der Waals surface area (Å²) < 4.78 is 2.37. The zero-order valence-corrected chi connectivity index (χ0v) is 16.0. The third kappa shape index (κ3) is 3.57. The van der Waals surface area contributed by atoms with Gasteiger partial charge in [0, 0.05) is 41.1 Å². The van der Waals surface area contributed by atoms with E-state index in [1.165, 1.54) is 24.8 Å². The molecule has 0 saturated heterocycles. The topological polar surface area (TPSA) is 34.9 Å². The number of aromatic nitrogens is 2. The Hall–Kier alpha value is -2.42. The lowest BCUT2D eigenvalue weighted by Crippen LogP contribution is -2.10. The van der Waals surface area contributed by atoms with E-state index in [1.807, 2.05) is 18.2 Å². The van der Waals surface area contributed by atoms with Crippen molar-refractivity contribution in [3.05, 3.63) is 65.6 Å². The molecule has 0 aliphatic carbocycles. The first-order chi connectivity index (χ1) is 12.6. The highest BCUT2D eigenvalue weighted by Gasteiger charge is 2.24. The number of ketones is 1. The minimum Gasteiger partial charge on any atom is -0.344 e. The maximum absolute atomic E-state index is 13.3. The predicted molar refractivity (Wildman–Crippen MR) is 108 cm³/mol. The van der Waals surface area contributed by atoms with Crippen LogP contribution in [-0.4, -0.2) is 15.3 Å². The molecule has 0 radical (unpaired) electrons. The molecular formula is C23H28N2O. The highest BCUT2D eigenvalue weighted by Crippen LogP contribution is 2.33. The smallest absolute Gasteiger partial charge is 0.197 e. The third-order valence-electron chi connectivity index (χ3n) is 4.94. The molecule has 0 aliphatic rings. The van der Waals surface area contributed by atoms with Crippen LogP contribution < -0.4 is 0 Å². The largest absolute Gasteiger partial charge is 0.344 e. The van der Waals surface area contributed by atoms with Gasteiger partial charge in [-0.1, -0.05) is 58.2 Å². The van der Waals surface area contributed by atoms with Crippen LogP contribution in [0.15, 0.2) is 48.8 Å². The Morgan fingerprint density at radius 3 is 2.58 bits per heavy atom. The van der Waals surface area contributed by atoms with Crippen molar-refractivity contribution in [3.8, 4) is 0 Å². The first kappa shape index (κ1) is 18.4. The second-order valence-electron chi connectivity index (χ2n) is 7.22. The van der Waals surface area contributed by atoms with Crippen LogP contribution in [0.2, 0.25) is 0 Å². The molecule has 0 bridgehead atoms. The number of hydrogen-bond donors (Lipinski definition) is 0. The average molecular weight is 348 g/mol. The summed E-state index contributed by atoms with van der Waals surface area (Å²) in [4.78, 5) is 17.5. The summed E-state index contributed by atoms with van der Waals surface area (Å²) in [6.45, 7) is 7.55. The molecule has 0 aliphatic heterocycles. The molecule has 0 amide bonds. The number of benzene rings is 1. The number of carbonyl (C=O) groups is 1.